The van der Waals surface area contributed by atoms with Crippen LogP contribution in [-0.2, 0) is 16.0 Å². The number of anilines is 2. The number of benzene rings is 3. The Hall–Kier alpha value is -3.57. The SMILES string of the molecule is COc1ccc(N2C(=O)C(c3ccccc3)=C(N3CCCc4ccccc43)C2=O)cc1Cl. The molecule has 0 atom stereocenters. The Labute approximate surface area is 191 Å². The zero-order valence-corrected chi connectivity index (χ0v) is 18.3. The molecule has 3 aromatic carbocycles. The maximum absolute atomic E-state index is 13.8. The second kappa shape index (κ2) is 8.17. The number of hydrogen-bond acceptors (Lipinski definition) is 4. The Kier molecular flexibility index (Phi) is 5.19. The third-order valence-corrected chi connectivity index (χ3v) is 6.19. The molecule has 0 aromatic heterocycles. The maximum atomic E-state index is 13.8. The fourth-order valence-corrected chi connectivity index (χ4v) is 4.68. The lowest BCUT2D eigenvalue weighted by Gasteiger charge is -2.32. The molecule has 0 aliphatic carbocycles. The molecule has 2 aliphatic rings. The van der Waals surface area contributed by atoms with Crippen molar-refractivity contribution < 1.29 is 14.3 Å². The molecule has 0 N–H and O–H groups in total. The van der Waals surface area contributed by atoms with E-state index in [1.54, 1.807) is 18.2 Å². The van der Waals surface area contributed by atoms with Crippen LogP contribution in [0.15, 0.2) is 78.5 Å². The zero-order chi connectivity index (χ0) is 22.2. The molecule has 2 heterocycles. The van der Waals surface area contributed by atoms with Gasteiger partial charge in [0.2, 0.25) is 0 Å². The summed E-state index contributed by atoms with van der Waals surface area (Å²) in [5, 5.41) is 0.337. The Morgan fingerprint density at radius 3 is 2.41 bits per heavy atom. The molecule has 160 valence electrons. The Morgan fingerprint density at radius 2 is 1.66 bits per heavy atom. The van der Waals surface area contributed by atoms with Gasteiger partial charge in [-0.05, 0) is 48.2 Å². The van der Waals surface area contributed by atoms with Gasteiger partial charge >= 0.3 is 0 Å². The molecule has 0 saturated carbocycles. The van der Waals surface area contributed by atoms with E-state index in [1.165, 1.54) is 17.6 Å². The molecule has 32 heavy (non-hydrogen) atoms. The molecule has 6 heteroatoms. The number of imide groups is 1. The van der Waals surface area contributed by atoms with Gasteiger partial charge in [-0.25, -0.2) is 4.90 Å². The molecule has 2 aliphatic heterocycles. The van der Waals surface area contributed by atoms with Gasteiger partial charge < -0.3 is 9.64 Å². The topological polar surface area (TPSA) is 49.9 Å². The molecule has 5 rings (SSSR count). The normalized spacial score (nSPS) is 15.9. The quantitative estimate of drug-likeness (QED) is 0.526. The van der Waals surface area contributed by atoms with Crippen LogP contribution in [0.1, 0.15) is 17.5 Å². The van der Waals surface area contributed by atoms with Crippen LogP contribution < -0.4 is 14.5 Å². The minimum atomic E-state index is -0.361. The van der Waals surface area contributed by atoms with Crippen LogP contribution >= 0.6 is 11.6 Å². The molecule has 0 unspecified atom stereocenters. The van der Waals surface area contributed by atoms with E-state index >= 15 is 0 Å². The number of aryl methyl sites for hydroxylation is 1. The van der Waals surface area contributed by atoms with Crippen LogP contribution in [-0.4, -0.2) is 25.5 Å². The van der Waals surface area contributed by atoms with Crippen LogP contribution in [0.5, 0.6) is 5.75 Å². The summed E-state index contributed by atoms with van der Waals surface area (Å²) < 4.78 is 5.22. The standard InChI is InChI=1S/C26H21ClN2O3/c1-32-22-14-13-19(16-20(22)27)29-25(30)23(18-9-3-2-4-10-18)24(26(29)31)28-15-7-11-17-8-5-6-12-21(17)28/h2-6,8-10,12-14,16H,7,11,15H2,1H3. The smallest absolute Gasteiger partial charge is 0.282 e. The van der Waals surface area contributed by atoms with Gasteiger partial charge in [-0.1, -0.05) is 60.1 Å². The zero-order valence-electron chi connectivity index (χ0n) is 17.5. The number of carbonyl (C=O) groups excluding carboxylic acids is 2. The van der Waals surface area contributed by atoms with Gasteiger partial charge in [-0.2, -0.15) is 0 Å². The van der Waals surface area contributed by atoms with Gasteiger partial charge in [-0.15, -0.1) is 0 Å². The van der Waals surface area contributed by atoms with Crippen molar-refractivity contribution in [3.05, 3.63) is 94.6 Å². The second-order valence-corrected chi connectivity index (χ2v) is 8.15. The summed E-state index contributed by atoms with van der Waals surface area (Å²) in [5.74, 6) is -0.233. The minimum absolute atomic E-state index is 0.337. The monoisotopic (exact) mass is 444 g/mol. The van der Waals surface area contributed by atoms with Crippen LogP contribution in [0, 0.1) is 0 Å². The van der Waals surface area contributed by atoms with Crippen molar-refractivity contribution in [3.8, 4) is 5.75 Å². The number of halogens is 1. The molecule has 5 nitrogen and oxygen atoms in total. The van der Waals surface area contributed by atoms with Crippen molar-refractivity contribution in [1.82, 2.24) is 0 Å². The summed E-state index contributed by atoms with van der Waals surface area (Å²) in [4.78, 5) is 30.7. The first kappa shape index (κ1) is 20.3. The minimum Gasteiger partial charge on any atom is -0.495 e. The van der Waals surface area contributed by atoms with E-state index in [0.717, 1.165) is 18.5 Å². The van der Waals surface area contributed by atoms with Crippen molar-refractivity contribution >= 4 is 40.4 Å². The first-order valence-corrected chi connectivity index (χ1v) is 10.9. The number of carbonyl (C=O) groups is 2. The van der Waals surface area contributed by atoms with E-state index in [0.29, 0.717) is 39.8 Å². The van der Waals surface area contributed by atoms with Gasteiger partial charge in [0, 0.05) is 12.2 Å². The molecular formula is C26H21ClN2O3. The Morgan fingerprint density at radius 1 is 0.906 bits per heavy atom. The highest BCUT2D eigenvalue weighted by Gasteiger charge is 2.43. The van der Waals surface area contributed by atoms with Crippen LogP contribution in [0.3, 0.4) is 0 Å². The van der Waals surface area contributed by atoms with E-state index < -0.39 is 0 Å². The molecular weight excluding hydrogens is 424 g/mol. The number of para-hydroxylation sites is 1. The predicted octanol–water partition coefficient (Wildman–Crippen LogP) is 5.09. The highest BCUT2D eigenvalue weighted by Crippen LogP contribution is 2.40. The maximum Gasteiger partial charge on any atom is 0.282 e. The molecule has 0 fully saturated rings. The number of amides is 2. The summed E-state index contributed by atoms with van der Waals surface area (Å²) in [5.41, 5.74) is 4.08. The van der Waals surface area contributed by atoms with E-state index in [2.05, 4.69) is 6.07 Å². The number of hydrogen-bond donors (Lipinski definition) is 0. The fourth-order valence-electron chi connectivity index (χ4n) is 4.43. The van der Waals surface area contributed by atoms with Crippen molar-refractivity contribution in [2.24, 2.45) is 0 Å². The number of methoxy groups -OCH3 is 1. The van der Waals surface area contributed by atoms with Crippen LogP contribution in [0.25, 0.3) is 5.57 Å². The second-order valence-electron chi connectivity index (χ2n) is 7.74. The van der Waals surface area contributed by atoms with E-state index in [-0.39, 0.29) is 11.8 Å². The molecule has 0 spiro atoms. The molecule has 3 aromatic rings. The van der Waals surface area contributed by atoms with E-state index in [4.69, 9.17) is 16.3 Å². The lowest BCUT2D eigenvalue weighted by Crippen LogP contribution is -2.37. The van der Waals surface area contributed by atoms with Gasteiger partial charge in [0.25, 0.3) is 11.8 Å². The average molecular weight is 445 g/mol. The Bertz CT molecular complexity index is 1250. The highest BCUT2D eigenvalue weighted by atomic mass is 35.5. The summed E-state index contributed by atoms with van der Waals surface area (Å²) in [6, 6.07) is 22.3. The van der Waals surface area contributed by atoms with Crippen molar-refractivity contribution in [2.45, 2.75) is 12.8 Å². The number of fused-ring (bicyclic) bond motifs is 1. The third-order valence-electron chi connectivity index (χ3n) is 5.90. The molecule has 0 radical (unpaired) electrons. The lowest BCUT2D eigenvalue weighted by molar-refractivity contribution is -0.120. The van der Waals surface area contributed by atoms with Gasteiger partial charge in [0.05, 0.1) is 23.4 Å². The van der Waals surface area contributed by atoms with Crippen molar-refractivity contribution in [2.75, 3.05) is 23.5 Å². The third kappa shape index (κ3) is 3.26. The van der Waals surface area contributed by atoms with Crippen molar-refractivity contribution in [3.63, 3.8) is 0 Å². The molecule has 0 bridgehead atoms. The predicted molar refractivity (Wildman–Crippen MR) is 126 cm³/mol. The molecule has 2 amide bonds. The first-order valence-electron chi connectivity index (χ1n) is 10.5. The molecule has 0 saturated heterocycles. The summed E-state index contributed by atoms with van der Waals surface area (Å²) in [7, 11) is 1.52. The largest absolute Gasteiger partial charge is 0.495 e. The van der Waals surface area contributed by atoms with Gasteiger partial charge in [0.15, 0.2) is 0 Å². The average Bonchev–Trinajstić information content (AvgIpc) is 3.09. The Balaban J connectivity index is 1.67. The van der Waals surface area contributed by atoms with Gasteiger partial charge in [-0.3, -0.25) is 9.59 Å². The van der Waals surface area contributed by atoms with Crippen LogP contribution in [0.4, 0.5) is 11.4 Å². The van der Waals surface area contributed by atoms with E-state index in [9.17, 15) is 9.59 Å². The number of rotatable bonds is 4. The van der Waals surface area contributed by atoms with E-state index in [1.807, 2.05) is 53.4 Å². The van der Waals surface area contributed by atoms with Crippen molar-refractivity contribution in [1.29, 1.82) is 0 Å². The summed E-state index contributed by atoms with van der Waals surface area (Å²) in [6.45, 7) is 0.666. The number of ether oxygens (including phenoxy) is 1. The first-order chi connectivity index (χ1) is 15.6. The van der Waals surface area contributed by atoms with Gasteiger partial charge in [0.1, 0.15) is 11.4 Å². The lowest BCUT2D eigenvalue weighted by atomic mass is 9.98. The van der Waals surface area contributed by atoms with Crippen LogP contribution in [0.2, 0.25) is 5.02 Å². The fraction of sp³-hybridized carbons (Fsp3) is 0.154. The summed E-state index contributed by atoms with van der Waals surface area (Å²) >= 11 is 6.31. The number of nitrogens with zero attached hydrogens (tertiary/aromatic N) is 2. The summed E-state index contributed by atoms with van der Waals surface area (Å²) in [6.07, 6.45) is 1.85. The highest BCUT2D eigenvalue weighted by molar-refractivity contribution is 6.46.